The Kier molecular flexibility index (Phi) is 8.00. The summed E-state index contributed by atoms with van der Waals surface area (Å²) in [6.45, 7) is 1.22. The lowest BCUT2D eigenvalue weighted by atomic mass is 9.95. The van der Waals surface area contributed by atoms with Crippen LogP contribution in [0, 0.1) is 10.1 Å². The van der Waals surface area contributed by atoms with Crippen molar-refractivity contribution < 1.29 is 32.4 Å². The Labute approximate surface area is 234 Å². The molecule has 0 amide bonds. The minimum atomic E-state index is -5.05. The van der Waals surface area contributed by atoms with Crippen LogP contribution in [0.25, 0.3) is 6.08 Å². The number of esters is 1. The number of fused-ring (bicyclic) bond motifs is 1. The van der Waals surface area contributed by atoms with Gasteiger partial charge in [-0.3, -0.25) is 19.5 Å². The fourth-order valence-corrected chi connectivity index (χ4v) is 5.73. The van der Waals surface area contributed by atoms with Crippen molar-refractivity contribution in [3.63, 3.8) is 0 Å². The number of ether oxygens (including phenoxy) is 2. The van der Waals surface area contributed by atoms with E-state index in [0.29, 0.717) is 11.3 Å². The molecule has 204 valence electrons. The van der Waals surface area contributed by atoms with Crippen LogP contribution in [0.3, 0.4) is 0 Å². The van der Waals surface area contributed by atoms with Crippen LogP contribution in [0.4, 0.5) is 18.9 Å². The monoisotopic (exact) mass is 645 g/mol. The molecule has 15 heteroatoms. The zero-order valence-corrected chi connectivity index (χ0v) is 23.1. The Morgan fingerprint density at radius 2 is 1.97 bits per heavy atom. The van der Waals surface area contributed by atoms with E-state index >= 15 is 0 Å². The summed E-state index contributed by atoms with van der Waals surface area (Å²) in [5.74, 6) is -1.33. The average Bonchev–Trinajstić information content (AvgIpc) is 3.17. The van der Waals surface area contributed by atoms with Gasteiger partial charge in [-0.1, -0.05) is 35.1 Å². The highest BCUT2D eigenvalue weighted by Gasteiger charge is 2.45. The van der Waals surface area contributed by atoms with E-state index in [-0.39, 0.29) is 42.3 Å². The summed E-state index contributed by atoms with van der Waals surface area (Å²) in [5, 5.41) is 11.8. The third-order valence-electron chi connectivity index (χ3n) is 5.53. The van der Waals surface area contributed by atoms with Crippen molar-refractivity contribution in [3.05, 3.63) is 98.1 Å². The van der Waals surface area contributed by atoms with Crippen LogP contribution in [0.2, 0.25) is 5.02 Å². The summed E-state index contributed by atoms with van der Waals surface area (Å²) >= 11 is 9.78. The molecule has 0 unspecified atom stereocenters. The summed E-state index contributed by atoms with van der Waals surface area (Å²) in [7, 11) is 1.25. The molecule has 0 saturated carbocycles. The standard InChI is InChI=1S/C24H16BrClF3N3O6S/c1-3-38-22(34)17-18(12-4-6-13(26)7-5-12)31-21(33)16(39-23(31)30-20(17)24(27,28)29)10-11-8-14(25)19(37-2)15(9-11)32(35)36/h4-10,18H,3H2,1-2H3/b16-10-/t18-/m1/s1. The van der Waals surface area contributed by atoms with Crippen LogP contribution in [0.5, 0.6) is 5.75 Å². The Balaban J connectivity index is 2.04. The van der Waals surface area contributed by atoms with Gasteiger partial charge in [0.2, 0.25) is 5.75 Å². The number of hydrogen-bond acceptors (Lipinski definition) is 8. The maximum Gasteiger partial charge on any atom is 0.434 e. The number of nitro benzene ring substituents is 1. The Bertz CT molecular complexity index is 1700. The first-order valence-corrected chi connectivity index (χ1v) is 12.9. The lowest BCUT2D eigenvalue weighted by Crippen LogP contribution is -2.41. The van der Waals surface area contributed by atoms with Crippen LogP contribution in [0.1, 0.15) is 24.1 Å². The van der Waals surface area contributed by atoms with Gasteiger partial charge in [-0.25, -0.2) is 9.79 Å². The highest BCUT2D eigenvalue weighted by molar-refractivity contribution is 9.10. The van der Waals surface area contributed by atoms with Crippen LogP contribution in [-0.2, 0) is 9.53 Å². The number of thiazole rings is 1. The number of hydrogen-bond donors (Lipinski definition) is 0. The molecule has 0 N–H and O–H groups in total. The highest BCUT2D eigenvalue weighted by Crippen LogP contribution is 2.39. The number of benzene rings is 2. The van der Waals surface area contributed by atoms with Crippen molar-refractivity contribution in [1.82, 2.24) is 4.57 Å². The molecule has 1 aliphatic heterocycles. The zero-order chi connectivity index (χ0) is 28.6. The SMILES string of the molecule is CCOC(=O)C1=C(C(F)(F)F)N=c2s/c(=C\c3cc(Br)c(OC)c([N+](=O)[O-])c3)c(=O)n2[C@@H]1c1ccc(Cl)cc1. The highest BCUT2D eigenvalue weighted by atomic mass is 79.9. The maximum absolute atomic E-state index is 14.2. The summed E-state index contributed by atoms with van der Waals surface area (Å²) < 4.78 is 53.6. The Morgan fingerprint density at radius 1 is 1.31 bits per heavy atom. The van der Waals surface area contributed by atoms with E-state index < -0.39 is 45.6 Å². The van der Waals surface area contributed by atoms with Crippen molar-refractivity contribution in [1.29, 1.82) is 0 Å². The number of nitrogens with zero attached hydrogens (tertiary/aromatic N) is 3. The molecular weight excluding hydrogens is 631 g/mol. The van der Waals surface area contributed by atoms with Gasteiger partial charge in [-0.15, -0.1) is 0 Å². The Morgan fingerprint density at radius 3 is 2.54 bits per heavy atom. The molecule has 1 aromatic heterocycles. The van der Waals surface area contributed by atoms with E-state index in [1.807, 2.05) is 0 Å². The normalized spacial score (nSPS) is 15.6. The molecule has 4 rings (SSSR count). The first-order chi connectivity index (χ1) is 18.4. The summed E-state index contributed by atoms with van der Waals surface area (Å²) in [6, 6.07) is 6.69. The molecule has 0 spiro atoms. The molecule has 9 nitrogen and oxygen atoms in total. The zero-order valence-electron chi connectivity index (χ0n) is 19.9. The molecule has 0 radical (unpaired) electrons. The van der Waals surface area contributed by atoms with Crippen LogP contribution < -0.4 is 19.6 Å². The Hall–Kier alpha value is -3.49. The second-order valence-electron chi connectivity index (χ2n) is 7.93. The van der Waals surface area contributed by atoms with Gasteiger partial charge in [0.1, 0.15) is 0 Å². The number of carbonyl (C=O) groups is 1. The van der Waals surface area contributed by atoms with Crippen molar-refractivity contribution in [2.45, 2.75) is 19.1 Å². The van der Waals surface area contributed by atoms with Crippen molar-refractivity contribution >= 4 is 56.6 Å². The number of nitro groups is 1. The van der Waals surface area contributed by atoms with E-state index in [1.165, 1.54) is 50.4 Å². The van der Waals surface area contributed by atoms with Gasteiger partial charge in [0.05, 0.1) is 39.3 Å². The number of aromatic nitrogens is 1. The van der Waals surface area contributed by atoms with E-state index in [0.717, 1.165) is 10.6 Å². The first kappa shape index (κ1) is 28.5. The molecular formula is C24H16BrClF3N3O6S. The van der Waals surface area contributed by atoms with Gasteiger partial charge in [0, 0.05) is 11.1 Å². The lowest BCUT2D eigenvalue weighted by Gasteiger charge is -2.26. The number of halogens is 5. The minimum absolute atomic E-state index is 0.0461. The minimum Gasteiger partial charge on any atom is -0.489 e. The van der Waals surface area contributed by atoms with Crippen LogP contribution in [-0.4, -0.2) is 35.4 Å². The number of allylic oxidation sites excluding steroid dienone is 1. The van der Waals surface area contributed by atoms with Gasteiger partial charge in [-0.05, 0) is 58.3 Å². The lowest BCUT2D eigenvalue weighted by molar-refractivity contribution is -0.385. The van der Waals surface area contributed by atoms with Crippen molar-refractivity contribution in [2.75, 3.05) is 13.7 Å². The van der Waals surface area contributed by atoms with Gasteiger partial charge < -0.3 is 9.47 Å². The maximum atomic E-state index is 14.2. The van der Waals surface area contributed by atoms with Crippen molar-refractivity contribution in [3.8, 4) is 5.75 Å². The topological polar surface area (TPSA) is 113 Å². The molecule has 0 saturated heterocycles. The number of methoxy groups -OCH3 is 1. The molecule has 1 atom stereocenters. The summed E-state index contributed by atoms with van der Waals surface area (Å²) in [4.78, 5) is 40.6. The molecule has 1 aliphatic rings. The fourth-order valence-electron chi connectivity index (χ4n) is 3.97. The van der Waals surface area contributed by atoms with Gasteiger partial charge in [0.15, 0.2) is 10.5 Å². The molecule has 3 aromatic rings. The van der Waals surface area contributed by atoms with Gasteiger partial charge in [0.25, 0.3) is 5.56 Å². The quantitative estimate of drug-likeness (QED) is 0.219. The molecule has 0 fully saturated rings. The van der Waals surface area contributed by atoms with Gasteiger partial charge in [-0.2, -0.15) is 13.2 Å². The third-order valence-corrected chi connectivity index (χ3v) is 7.35. The molecule has 2 heterocycles. The molecule has 0 aliphatic carbocycles. The van der Waals surface area contributed by atoms with E-state index in [2.05, 4.69) is 20.9 Å². The number of rotatable bonds is 6. The first-order valence-electron chi connectivity index (χ1n) is 10.9. The molecule has 0 bridgehead atoms. The van der Waals surface area contributed by atoms with E-state index in [4.69, 9.17) is 21.1 Å². The average molecular weight is 647 g/mol. The van der Waals surface area contributed by atoms with Crippen LogP contribution >= 0.6 is 38.9 Å². The largest absolute Gasteiger partial charge is 0.489 e. The fraction of sp³-hybridized carbons (Fsp3) is 0.208. The van der Waals surface area contributed by atoms with Gasteiger partial charge >= 0.3 is 17.8 Å². The molecule has 39 heavy (non-hydrogen) atoms. The summed E-state index contributed by atoms with van der Waals surface area (Å²) in [6.07, 6.45) is -3.77. The smallest absolute Gasteiger partial charge is 0.434 e. The second kappa shape index (κ2) is 10.9. The predicted octanol–water partition coefficient (Wildman–Crippen LogP) is 4.67. The second-order valence-corrected chi connectivity index (χ2v) is 10.2. The predicted molar refractivity (Wildman–Crippen MR) is 140 cm³/mol. The summed E-state index contributed by atoms with van der Waals surface area (Å²) in [5.41, 5.74) is -3.15. The third kappa shape index (κ3) is 5.49. The number of alkyl halides is 3. The van der Waals surface area contributed by atoms with E-state index in [1.54, 1.807) is 0 Å². The van der Waals surface area contributed by atoms with E-state index in [9.17, 15) is 32.9 Å². The van der Waals surface area contributed by atoms with Crippen molar-refractivity contribution in [2.24, 2.45) is 4.99 Å². The van der Waals surface area contributed by atoms with Crippen LogP contribution in [0.15, 0.2) is 61.9 Å². The number of carbonyl (C=O) groups excluding carboxylic acids is 1. The molecule has 2 aromatic carbocycles.